The number of methoxy groups -OCH3 is 1. The Labute approximate surface area is 137 Å². The summed E-state index contributed by atoms with van der Waals surface area (Å²) in [6, 6.07) is 5.87. The molecule has 0 spiro atoms. The Kier molecular flexibility index (Phi) is 4.43. The molecular weight excluding hydrogens is 317 g/mol. The van der Waals surface area contributed by atoms with Crippen molar-refractivity contribution >= 4 is 28.2 Å². The molecule has 1 aliphatic carbocycles. The van der Waals surface area contributed by atoms with E-state index in [4.69, 9.17) is 4.74 Å². The van der Waals surface area contributed by atoms with E-state index in [1.165, 1.54) is 30.6 Å². The summed E-state index contributed by atoms with van der Waals surface area (Å²) in [6.07, 6.45) is 2.83. The Hall–Kier alpha value is -2.21. The molecule has 6 heteroatoms. The molecule has 0 bridgehead atoms. The Bertz CT molecular complexity index is 735. The Morgan fingerprint density at radius 1 is 1.26 bits per heavy atom. The monoisotopic (exact) mass is 333 g/mol. The van der Waals surface area contributed by atoms with E-state index in [2.05, 4.69) is 5.32 Å². The molecule has 1 N–H and O–H groups in total. The lowest BCUT2D eigenvalue weighted by Crippen LogP contribution is -2.28. The molecule has 2 aromatic rings. The number of hydrogen-bond donors (Lipinski definition) is 1. The van der Waals surface area contributed by atoms with Crippen LogP contribution in [0.1, 0.15) is 29.6 Å². The van der Waals surface area contributed by atoms with Crippen molar-refractivity contribution in [1.29, 1.82) is 0 Å². The third-order valence-corrected chi connectivity index (χ3v) is 4.94. The second-order valence-electron chi connectivity index (χ2n) is 5.47. The largest absolute Gasteiger partial charge is 0.465 e. The zero-order valence-electron chi connectivity index (χ0n) is 12.6. The van der Waals surface area contributed by atoms with E-state index in [1.807, 2.05) is 0 Å². The van der Waals surface area contributed by atoms with Gasteiger partial charge < -0.3 is 10.1 Å². The van der Waals surface area contributed by atoms with Crippen LogP contribution in [-0.4, -0.2) is 19.0 Å². The summed E-state index contributed by atoms with van der Waals surface area (Å²) in [5.41, 5.74) is 1.65. The lowest BCUT2D eigenvalue weighted by molar-refractivity contribution is -0.122. The SMILES string of the molecule is COC(=O)c1c(-c2ccc(F)cc2)csc1NC(=O)C1CCC1. The molecule has 0 unspecified atom stereocenters. The maximum Gasteiger partial charge on any atom is 0.341 e. The van der Waals surface area contributed by atoms with Gasteiger partial charge in [-0.05, 0) is 30.5 Å². The number of benzene rings is 1. The van der Waals surface area contributed by atoms with Crippen molar-refractivity contribution in [2.75, 3.05) is 12.4 Å². The number of ether oxygens (including phenoxy) is 1. The van der Waals surface area contributed by atoms with Gasteiger partial charge in [0.25, 0.3) is 0 Å². The first kappa shape index (κ1) is 15.7. The minimum atomic E-state index is -0.519. The average molecular weight is 333 g/mol. The summed E-state index contributed by atoms with van der Waals surface area (Å²) in [6.45, 7) is 0. The second-order valence-corrected chi connectivity index (χ2v) is 6.35. The lowest BCUT2D eigenvalue weighted by Gasteiger charge is -2.23. The van der Waals surface area contributed by atoms with Gasteiger partial charge in [-0.25, -0.2) is 9.18 Å². The highest BCUT2D eigenvalue weighted by Crippen LogP contribution is 2.37. The topological polar surface area (TPSA) is 55.4 Å². The zero-order chi connectivity index (χ0) is 16.4. The lowest BCUT2D eigenvalue weighted by atomic mass is 9.85. The van der Waals surface area contributed by atoms with Crippen LogP contribution in [0.5, 0.6) is 0 Å². The normalized spacial score (nSPS) is 14.2. The first-order valence-corrected chi connectivity index (χ1v) is 8.24. The predicted molar refractivity (Wildman–Crippen MR) is 87.0 cm³/mol. The van der Waals surface area contributed by atoms with E-state index < -0.39 is 5.97 Å². The van der Waals surface area contributed by atoms with E-state index in [0.717, 1.165) is 19.3 Å². The molecule has 0 aliphatic heterocycles. The molecule has 0 radical (unpaired) electrons. The first-order chi connectivity index (χ1) is 11.1. The third kappa shape index (κ3) is 3.12. The van der Waals surface area contributed by atoms with Gasteiger partial charge in [0.2, 0.25) is 5.91 Å². The predicted octanol–water partition coefficient (Wildman–Crippen LogP) is 4.08. The maximum absolute atomic E-state index is 13.1. The summed E-state index contributed by atoms with van der Waals surface area (Å²) in [7, 11) is 1.30. The molecule has 1 amide bonds. The summed E-state index contributed by atoms with van der Waals surface area (Å²) >= 11 is 1.27. The summed E-state index contributed by atoms with van der Waals surface area (Å²) in [4.78, 5) is 24.3. The highest BCUT2D eigenvalue weighted by Gasteiger charge is 2.28. The van der Waals surface area contributed by atoms with Gasteiger partial charge in [0.15, 0.2) is 0 Å². The van der Waals surface area contributed by atoms with Gasteiger partial charge in [0.1, 0.15) is 16.4 Å². The Balaban J connectivity index is 1.95. The van der Waals surface area contributed by atoms with Gasteiger partial charge in [-0.15, -0.1) is 11.3 Å². The summed E-state index contributed by atoms with van der Waals surface area (Å²) in [5, 5.41) is 5.09. The number of amides is 1. The van der Waals surface area contributed by atoms with E-state index in [9.17, 15) is 14.0 Å². The number of hydrogen-bond acceptors (Lipinski definition) is 4. The zero-order valence-corrected chi connectivity index (χ0v) is 13.4. The number of nitrogens with one attached hydrogen (secondary N) is 1. The fourth-order valence-electron chi connectivity index (χ4n) is 2.48. The minimum Gasteiger partial charge on any atom is -0.465 e. The van der Waals surface area contributed by atoms with Crippen LogP contribution in [0.25, 0.3) is 11.1 Å². The van der Waals surface area contributed by atoms with Crippen LogP contribution in [-0.2, 0) is 9.53 Å². The van der Waals surface area contributed by atoms with Crippen molar-refractivity contribution in [2.45, 2.75) is 19.3 Å². The van der Waals surface area contributed by atoms with Crippen molar-refractivity contribution in [3.05, 3.63) is 41.0 Å². The molecule has 23 heavy (non-hydrogen) atoms. The van der Waals surface area contributed by atoms with Crippen LogP contribution in [0.4, 0.5) is 9.39 Å². The van der Waals surface area contributed by atoms with Gasteiger partial charge in [-0.2, -0.15) is 0 Å². The molecule has 1 aliphatic rings. The highest BCUT2D eigenvalue weighted by atomic mass is 32.1. The molecule has 1 fully saturated rings. The van der Waals surface area contributed by atoms with Crippen LogP contribution in [0.3, 0.4) is 0 Å². The molecular formula is C17H16FNO3S. The Morgan fingerprint density at radius 3 is 2.52 bits per heavy atom. The van der Waals surface area contributed by atoms with Crippen LogP contribution in [0.2, 0.25) is 0 Å². The number of esters is 1. The number of carbonyl (C=O) groups is 2. The molecule has 1 saturated carbocycles. The van der Waals surface area contributed by atoms with E-state index in [1.54, 1.807) is 17.5 Å². The average Bonchev–Trinajstić information content (AvgIpc) is 2.89. The van der Waals surface area contributed by atoms with Gasteiger partial charge in [-0.3, -0.25) is 4.79 Å². The van der Waals surface area contributed by atoms with E-state index in [0.29, 0.717) is 21.7 Å². The molecule has 1 aromatic carbocycles. The fourth-order valence-corrected chi connectivity index (χ4v) is 3.44. The molecule has 3 rings (SSSR count). The van der Waals surface area contributed by atoms with E-state index in [-0.39, 0.29) is 17.6 Å². The van der Waals surface area contributed by atoms with Gasteiger partial charge >= 0.3 is 5.97 Å². The number of thiophene rings is 1. The van der Waals surface area contributed by atoms with Crippen LogP contribution < -0.4 is 5.32 Å². The highest BCUT2D eigenvalue weighted by molar-refractivity contribution is 7.15. The smallest absolute Gasteiger partial charge is 0.341 e. The van der Waals surface area contributed by atoms with Crippen molar-refractivity contribution < 1.29 is 18.7 Å². The van der Waals surface area contributed by atoms with Crippen molar-refractivity contribution in [3.8, 4) is 11.1 Å². The standard InChI is InChI=1S/C17H16FNO3S/c1-22-17(21)14-13(10-5-7-12(18)8-6-10)9-23-16(14)19-15(20)11-3-2-4-11/h5-9,11H,2-4H2,1H3,(H,19,20). The quantitative estimate of drug-likeness (QED) is 0.858. The molecule has 4 nitrogen and oxygen atoms in total. The number of carbonyl (C=O) groups excluding carboxylic acids is 2. The van der Waals surface area contributed by atoms with Crippen LogP contribution >= 0.6 is 11.3 Å². The van der Waals surface area contributed by atoms with E-state index >= 15 is 0 Å². The molecule has 0 atom stereocenters. The minimum absolute atomic E-state index is 0.0249. The molecule has 120 valence electrons. The second kappa shape index (κ2) is 6.50. The summed E-state index contributed by atoms with van der Waals surface area (Å²) < 4.78 is 17.9. The molecule has 0 saturated heterocycles. The number of anilines is 1. The van der Waals surface area contributed by atoms with Gasteiger partial charge in [-0.1, -0.05) is 18.6 Å². The van der Waals surface area contributed by atoms with Crippen molar-refractivity contribution in [2.24, 2.45) is 5.92 Å². The Morgan fingerprint density at radius 2 is 1.96 bits per heavy atom. The van der Waals surface area contributed by atoms with Crippen molar-refractivity contribution in [3.63, 3.8) is 0 Å². The summed E-state index contributed by atoms with van der Waals surface area (Å²) in [5.74, 6) is -0.901. The number of rotatable bonds is 4. The molecule has 1 heterocycles. The van der Waals surface area contributed by atoms with Gasteiger partial charge in [0.05, 0.1) is 7.11 Å². The molecule has 1 aromatic heterocycles. The third-order valence-electron chi connectivity index (χ3n) is 4.05. The van der Waals surface area contributed by atoms with Crippen LogP contribution in [0, 0.1) is 11.7 Å². The maximum atomic E-state index is 13.1. The van der Waals surface area contributed by atoms with Gasteiger partial charge in [0, 0.05) is 16.9 Å². The first-order valence-electron chi connectivity index (χ1n) is 7.36. The fraction of sp³-hybridized carbons (Fsp3) is 0.294. The van der Waals surface area contributed by atoms with Crippen molar-refractivity contribution in [1.82, 2.24) is 0 Å². The van der Waals surface area contributed by atoms with Crippen LogP contribution in [0.15, 0.2) is 29.6 Å². The number of halogens is 1.